The smallest absolute Gasteiger partial charge is 0.338 e. The molecule has 0 spiro atoms. The first-order chi connectivity index (χ1) is 14.6. The molecule has 0 aliphatic rings. The second-order valence-corrected chi connectivity index (χ2v) is 7.89. The molecule has 4 rings (SSSR count). The van der Waals surface area contributed by atoms with Crippen molar-refractivity contribution in [3.63, 3.8) is 0 Å². The van der Waals surface area contributed by atoms with Crippen molar-refractivity contribution in [2.24, 2.45) is 0 Å². The van der Waals surface area contributed by atoms with E-state index in [1.165, 1.54) is 24.5 Å². The number of carbonyl (C=O) groups excluding carboxylic acids is 1. The minimum absolute atomic E-state index is 0.167. The molecule has 0 amide bonds. The molecule has 0 radical (unpaired) electrons. The number of ether oxygens (including phenoxy) is 1. The molecule has 2 nitrogen and oxygen atoms in total. The topological polar surface area (TPSA) is 26.3 Å². The summed E-state index contributed by atoms with van der Waals surface area (Å²) in [5.74, 6) is -2.29. The van der Waals surface area contributed by atoms with Crippen LogP contribution in [0, 0.1) is 11.6 Å². The van der Waals surface area contributed by atoms with Crippen LogP contribution in [0.5, 0.6) is 0 Å². The van der Waals surface area contributed by atoms with Gasteiger partial charge in [-0.3, -0.25) is 0 Å². The van der Waals surface area contributed by atoms with Crippen LogP contribution in [-0.4, -0.2) is 13.1 Å². The molecule has 0 N–H and O–H groups in total. The average molecular weight is 420 g/mol. The summed E-state index contributed by atoms with van der Waals surface area (Å²) in [5.41, 5.74) is 2.84. The second-order valence-electron chi connectivity index (χ2n) is 6.76. The molecule has 150 valence electrons. The zero-order valence-electron chi connectivity index (χ0n) is 16.2. The van der Waals surface area contributed by atoms with E-state index in [0.29, 0.717) is 28.0 Å². The minimum atomic E-state index is -0.907. The Morgan fingerprint density at radius 1 is 0.867 bits per heavy atom. The van der Waals surface area contributed by atoms with E-state index in [2.05, 4.69) is 0 Å². The van der Waals surface area contributed by atoms with Gasteiger partial charge in [-0.2, -0.15) is 0 Å². The van der Waals surface area contributed by atoms with Crippen LogP contribution in [0.4, 0.5) is 8.78 Å². The van der Waals surface area contributed by atoms with Crippen LogP contribution >= 0.6 is 11.3 Å². The number of halogens is 2. The number of thiophene rings is 1. The second kappa shape index (κ2) is 8.59. The van der Waals surface area contributed by atoms with Gasteiger partial charge in [0.2, 0.25) is 0 Å². The standard InChI is InChI=1S/C25H18F2O2S/c1-29-25(28)20-11-6-5-10-19(20)24-21(18-12-7-13-22(26)23(18)27)15-17(30-24)14-16-8-3-2-4-9-16/h2-13,15H,14H2,1H3. The SMILES string of the molecule is COC(=O)c1ccccc1-c1sc(Cc2ccccc2)cc1-c1cccc(F)c1F. The van der Waals surface area contributed by atoms with Crippen molar-refractivity contribution < 1.29 is 18.3 Å². The lowest BCUT2D eigenvalue weighted by Gasteiger charge is -2.10. The van der Waals surface area contributed by atoms with Gasteiger partial charge in [0, 0.05) is 32.9 Å². The molecule has 1 heterocycles. The molecule has 30 heavy (non-hydrogen) atoms. The van der Waals surface area contributed by atoms with Crippen LogP contribution < -0.4 is 0 Å². The first-order valence-corrected chi connectivity index (χ1v) is 10.2. The fourth-order valence-corrected chi connectivity index (χ4v) is 4.65. The van der Waals surface area contributed by atoms with Crippen LogP contribution in [0.25, 0.3) is 21.6 Å². The molecular formula is C25H18F2O2S. The Bertz CT molecular complexity index is 1200. The van der Waals surface area contributed by atoms with Crippen molar-refractivity contribution in [1.29, 1.82) is 0 Å². The van der Waals surface area contributed by atoms with Crippen LogP contribution in [0.2, 0.25) is 0 Å². The summed E-state index contributed by atoms with van der Waals surface area (Å²) >= 11 is 1.46. The molecule has 0 saturated heterocycles. The molecule has 0 fully saturated rings. The molecule has 0 bridgehead atoms. The van der Waals surface area contributed by atoms with E-state index < -0.39 is 17.6 Å². The van der Waals surface area contributed by atoms with Gasteiger partial charge in [0.05, 0.1) is 12.7 Å². The van der Waals surface area contributed by atoms with E-state index in [1.807, 2.05) is 42.5 Å². The van der Waals surface area contributed by atoms with Crippen LogP contribution in [-0.2, 0) is 11.2 Å². The number of methoxy groups -OCH3 is 1. The molecule has 0 saturated carbocycles. The van der Waals surface area contributed by atoms with Crippen molar-refractivity contribution in [2.75, 3.05) is 7.11 Å². The monoisotopic (exact) mass is 420 g/mol. The highest BCUT2D eigenvalue weighted by Gasteiger charge is 2.22. The molecule has 3 aromatic carbocycles. The van der Waals surface area contributed by atoms with Gasteiger partial charge in [0.1, 0.15) is 0 Å². The molecule has 0 atom stereocenters. The molecule has 0 aliphatic heterocycles. The van der Waals surface area contributed by atoms with Crippen molar-refractivity contribution in [3.8, 4) is 21.6 Å². The van der Waals surface area contributed by atoms with E-state index in [4.69, 9.17) is 4.74 Å². The summed E-state index contributed by atoms with van der Waals surface area (Å²) in [6.07, 6.45) is 0.649. The first kappa shape index (κ1) is 20.0. The zero-order valence-corrected chi connectivity index (χ0v) is 17.0. The number of esters is 1. The van der Waals surface area contributed by atoms with Gasteiger partial charge in [-0.05, 0) is 23.8 Å². The molecule has 0 unspecified atom stereocenters. The van der Waals surface area contributed by atoms with Crippen molar-refractivity contribution in [2.45, 2.75) is 6.42 Å². The van der Waals surface area contributed by atoms with Gasteiger partial charge in [-0.25, -0.2) is 13.6 Å². The Morgan fingerprint density at radius 2 is 1.57 bits per heavy atom. The fraction of sp³-hybridized carbons (Fsp3) is 0.0800. The summed E-state index contributed by atoms with van der Waals surface area (Å²) in [7, 11) is 1.32. The lowest BCUT2D eigenvalue weighted by atomic mass is 9.98. The van der Waals surface area contributed by atoms with Gasteiger partial charge in [-0.15, -0.1) is 11.3 Å². The lowest BCUT2D eigenvalue weighted by molar-refractivity contribution is 0.0601. The maximum absolute atomic E-state index is 14.7. The summed E-state index contributed by atoms with van der Waals surface area (Å²) < 4.78 is 33.6. The van der Waals surface area contributed by atoms with Gasteiger partial charge in [0.25, 0.3) is 0 Å². The Labute approximate surface area is 177 Å². The van der Waals surface area contributed by atoms with Gasteiger partial charge in [0.15, 0.2) is 11.6 Å². The highest BCUT2D eigenvalue weighted by atomic mass is 32.1. The predicted molar refractivity (Wildman–Crippen MR) is 116 cm³/mol. The Morgan fingerprint density at radius 3 is 2.33 bits per heavy atom. The highest BCUT2D eigenvalue weighted by molar-refractivity contribution is 7.16. The number of hydrogen-bond acceptors (Lipinski definition) is 3. The third-order valence-electron chi connectivity index (χ3n) is 4.82. The maximum Gasteiger partial charge on any atom is 0.338 e. The average Bonchev–Trinajstić information content (AvgIpc) is 3.19. The van der Waals surface area contributed by atoms with Crippen LogP contribution in [0.1, 0.15) is 20.8 Å². The summed E-state index contributed by atoms with van der Waals surface area (Å²) in [5, 5.41) is 0. The third-order valence-corrected chi connectivity index (χ3v) is 5.99. The van der Waals surface area contributed by atoms with E-state index >= 15 is 0 Å². The lowest BCUT2D eigenvalue weighted by Crippen LogP contribution is -2.03. The van der Waals surface area contributed by atoms with Gasteiger partial charge < -0.3 is 4.74 Å². The van der Waals surface area contributed by atoms with Crippen molar-refractivity contribution in [1.82, 2.24) is 0 Å². The minimum Gasteiger partial charge on any atom is -0.465 e. The van der Waals surface area contributed by atoms with Crippen molar-refractivity contribution in [3.05, 3.63) is 107 Å². The first-order valence-electron chi connectivity index (χ1n) is 9.37. The third kappa shape index (κ3) is 3.89. The molecule has 5 heteroatoms. The van der Waals surface area contributed by atoms with Gasteiger partial charge >= 0.3 is 5.97 Å². The molecular weight excluding hydrogens is 402 g/mol. The molecule has 1 aromatic heterocycles. The van der Waals surface area contributed by atoms with Crippen LogP contribution in [0.3, 0.4) is 0 Å². The summed E-state index contributed by atoms with van der Waals surface area (Å²) in [6, 6.07) is 22.9. The quantitative estimate of drug-likeness (QED) is 0.334. The maximum atomic E-state index is 14.7. The zero-order chi connectivity index (χ0) is 21.1. The molecule has 4 aromatic rings. The molecule has 0 aliphatic carbocycles. The number of rotatable bonds is 5. The number of hydrogen-bond donors (Lipinski definition) is 0. The normalized spacial score (nSPS) is 10.8. The van der Waals surface area contributed by atoms with E-state index in [9.17, 15) is 13.6 Å². The number of benzene rings is 3. The fourth-order valence-electron chi connectivity index (χ4n) is 3.41. The van der Waals surface area contributed by atoms with E-state index in [0.717, 1.165) is 16.5 Å². The van der Waals surface area contributed by atoms with E-state index in [1.54, 1.807) is 24.3 Å². The van der Waals surface area contributed by atoms with Gasteiger partial charge in [-0.1, -0.05) is 60.7 Å². The summed E-state index contributed by atoms with van der Waals surface area (Å²) in [6.45, 7) is 0. The van der Waals surface area contributed by atoms with Crippen molar-refractivity contribution >= 4 is 17.3 Å². The Hall–Kier alpha value is -3.31. The Kier molecular flexibility index (Phi) is 5.72. The predicted octanol–water partition coefficient (Wildman–Crippen LogP) is 6.74. The largest absolute Gasteiger partial charge is 0.465 e. The van der Waals surface area contributed by atoms with E-state index in [-0.39, 0.29) is 5.56 Å². The van der Waals surface area contributed by atoms with Crippen LogP contribution in [0.15, 0.2) is 78.9 Å². The Balaban J connectivity index is 1.91. The summed E-state index contributed by atoms with van der Waals surface area (Å²) in [4.78, 5) is 14.0. The highest BCUT2D eigenvalue weighted by Crippen LogP contribution is 2.42. The number of carbonyl (C=O) groups is 1.